The molecule has 2 aliphatic heterocycles. The van der Waals surface area contributed by atoms with Gasteiger partial charge < -0.3 is 23.5 Å². The zero-order chi connectivity index (χ0) is 24.8. The molecule has 6 rings (SSSR count). The zero-order valence-electron chi connectivity index (χ0n) is 20.4. The number of allylic oxidation sites excluding steroid dienone is 1. The average Bonchev–Trinajstić information content (AvgIpc) is 3.40. The summed E-state index contributed by atoms with van der Waals surface area (Å²) in [4.78, 5) is 15.5. The van der Waals surface area contributed by atoms with Gasteiger partial charge in [-0.25, -0.2) is 0 Å². The van der Waals surface area contributed by atoms with E-state index in [0.29, 0.717) is 36.9 Å². The molecule has 182 valence electrons. The summed E-state index contributed by atoms with van der Waals surface area (Å²) in [5.74, 6) is 3.11. The molecule has 1 aromatic heterocycles. The lowest BCUT2D eigenvalue weighted by Gasteiger charge is -2.29. The number of nitrogens with zero attached hydrogens (tertiary/aromatic N) is 2. The number of carbonyl (C=O) groups excluding carboxylic acids is 1. The minimum Gasteiger partial charge on any atom is -0.497 e. The van der Waals surface area contributed by atoms with Crippen molar-refractivity contribution >= 4 is 22.8 Å². The number of hydrogen-bond donors (Lipinski definition) is 0. The summed E-state index contributed by atoms with van der Waals surface area (Å²) in [6, 6.07) is 17.6. The fourth-order valence-electron chi connectivity index (χ4n) is 4.88. The second-order valence-electron chi connectivity index (χ2n) is 9.05. The second kappa shape index (κ2) is 8.77. The van der Waals surface area contributed by atoms with Crippen LogP contribution in [0.15, 0.2) is 66.6 Å². The number of aryl methyl sites for hydroxylation is 1. The van der Waals surface area contributed by atoms with Gasteiger partial charge in [0, 0.05) is 42.8 Å². The predicted molar refractivity (Wildman–Crippen MR) is 137 cm³/mol. The summed E-state index contributed by atoms with van der Waals surface area (Å²) in [5, 5.41) is 0.993. The lowest BCUT2D eigenvalue weighted by molar-refractivity contribution is 0.0872. The van der Waals surface area contributed by atoms with E-state index in [1.807, 2.05) is 72.4 Å². The number of methoxy groups -OCH3 is 2. The molecule has 0 amide bonds. The van der Waals surface area contributed by atoms with E-state index in [9.17, 15) is 4.79 Å². The first kappa shape index (κ1) is 22.2. The molecule has 4 aromatic rings. The predicted octanol–water partition coefficient (Wildman–Crippen LogP) is 5.16. The van der Waals surface area contributed by atoms with Gasteiger partial charge in [0.25, 0.3) is 0 Å². The molecule has 0 saturated carbocycles. The fourth-order valence-corrected chi connectivity index (χ4v) is 4.88. The highest BCUT2D eigenvalue weighted by atomic mass is 16.5. The average molecular weight is 483 g/mol. The SMILES string of the molecule is COc1ccc(CN2COc3ccc4c(c3C2)O/C(=C\c2cn(C)c3ccc(OC)cc23)C4=O)cc1. The lowest BCUT2D eigenvalue weighted by Crippen LogP contribution is -2.31. The van der Waals surface area contributed by atoms with Gasteiger partial charge in [0.1, 0.15) is 29.7 Å². The van der Waals surface area contributed by atoms with E-state index in [1.165, 1.54) is 0 Å². The first-order valence-corrected chi connectivity index (χ1v) is 11.8. The zero-order valence-corrected chi connectivity index (χ0v) is 20.4. The molecule has 0 saturated heterocycles. The second-order valence-corrected chi connectivity index (χ2v) is 9.05. The van der Waals surface area contributed by atoms with Crippen LogP contribution in [0.25, 0.3) is 17.0 Å². The minimum atomic E-state index is -0.125. The number of carbonyl (C=O) groups is 1. The summed E-state index contributed by atoms with van der Waals surface area (Å²) in [5.41, 5.74) is 4.55. The quantitative estimate of drug-likeness (QED) is 0.366. The Morgan fingerprint density at radius 1 is 1.00 bits per heavy atom. The first-order valence-electron chi connectivity index (χ1n) is 11.8. The molecular weight excluding hydrogens is 456 g/mol. The maximum absolute atomic E-state index is 13.3. The minimum absolute atomic E-state index is 0.125. The van der Waals surface area contributed by atoms with Crippen molar-refractivity contribution in [1.29, 1.82) is 0 Å². The number of aromatic nitrogens is 1. The molecule has 0 unspecified atom stereocenters. The van der Waals surface area contributed by atoms with Crippen molar-refractivity contribution in [1.82, 2.24) is 9.47 Å². The standard InChI is InChI=1S/C29H26N2O5/c1-30-15-19(23-13-21(34-3)8-10-25(23)30)12-27-28(32)22-9-11-26-24(29(22)36-27)16-31(17-35-26)14-18-4-6-20(33-2)7-5-18/h4-13,15H,14,16-17H2,1-3H3/b27-12-. The Morgan fingerprint density at radius 2 is 1.78 bits per heavy atom. The molecular formula is C29H26N2O5. The highest BCUT2D eigenvalue weighted by Crippen LogP contribution is 2.42. The Bertz CT molecular complexity index is 1520. The number of Topliss-reactive ketones (excluding diaryl/α,β-unsaturated/α-hetero) is 1. The van der Waals surface area contributed by atoms with Gasteiger partial charge >= 0.3 is 0 Å². The topological polar surface area (TPSA) is 62.2 Å². The number of ether oxygens (including phenoxy) is 4. The third-order valence-corrected chi connectivity index (χ3v) is 6.76. The third kappa shape index (κ3) is 3.78. The smallest absolute Gasteiger partial charge is 0.231 e. The van der Waals surface area contributed by atoms with Crippen molar-refractivity contribution in [3.63, 3.8) is 0 Å². The summed E-state index contributed by atoms with van der Waals surface area (Å²) in [7, 11) is 5.28. The maximum atomic E-state index is 13.3. The van der Waals surface area contributed by atoms with Crippen molar-refractivity contribution < 1.29 is 23.7 Å². The van der Waals surface area contributed by atoms with Gasteiger partial charge in [-0.15, -0.1) is 0 Å². The molecule has 0 N–H and O–H groups in total. The molecule has 0 spiro atoms. The van der Waals surface area contributed by atoms with Crippen LogP contribution in [-0.4, -0.2) is 36.2 Å². The molecule has 36 heavy (non-hydrogen) atoms. The van der Waals surface area contributed by atoms with Crippen molar-refractivity contribution in [3.05, 3.63) is 88.8 Å². The molecule has 7 nitrogen and oxygen atoms in total. The summed E-state index contributed by atoms with van der Waals surface area (Å²) in [6.45, 7) is 1.80. The van der Waals surface area contributed by atoms with Crippen LogP contribution in [0.1, 0.15) is 27.0 Å². The van der Waals surface area contributed by atoms with E-state index in [-0.39, 0.29) is 5.78 Å². The Labute approximate surface area is 209 Å². The van der Waals surface area contributed by atoms with E-state index in [2.05, 4.69) is 4.90 Å². The number of ketones is 1. The van der Waals surface area contributed by atoms with Crippen LogP contribution < -0.4 is 18.9 Å². The van der Waals surface area contributed by atoms with E-state index >= 15 is 0 Å². The molecule has 0 bridgehead atoms. The molecule has 3 heterocycles. The van der Waals surface area contributed by atoms with Crippen molar-refractivity contribution in [2.24, 2.45) is 7.05 Å². The Morgan fingerprint density at radius 3 is 2.56 bits per heavy atom. The van der Waals surface area contributed by atoms with Crippen molar-refractivity contribution in [3.8, 4) is 23.0 Å². The summed E-state index contributed by atoms with van der Waals surface area (Å²) in [6.07, 6.45) is 3.81. The number of benzene rings is 3. The monoisotopic (exact) mass is 482 g/mol. The summed E-state index contributed by atoms with van der Waals surface area (Å²) >= 11 is 0. The molecule has 3 aromatic carbocycles. The van der Waals surface area contributed by atoms with Crippen LogP contribution in [0.4, 0.5) is 0 Å². The van der Waals surface area contributed by atoms with Crippen LogP contribution in [0.2, 0.25) is 0 Å². The number of rotatable bonds is 5. The van der Waals surface area contributed by atoms with E-state index in [1.54, 1.807) is 20.3 Å². The van der Waals surface area contributed by atoms with Crippen LogP contribution in [0.3, 0.4) is 0 Å². The van der Waals surface area contributed by atoms with Crippen LogP contribution >= 0.6 is 0 Å². The van der Waals surface area contributed by atoms with Crippen LogP contribution in [0.5, 0.6) is 23.0 Å². The highest BCUT2D eigenvalue weighted by Gasteiger charge is 2.33. The summed E-state index contributed by atoms with van der Waals surface area (Å²) < 4.78 is 24.9. The Balaban J connectivity index is 1.30. The fraction of sp³-hybridized carbons (Fsp3) is 0.207. The van der Waals surface area contributed by atoms with Gasteiger partial charge in [-0.3, -0.25) is 9.69 Å². The molecule has 0 fully saturated rings. The Hall–Kier alpha value is -4.23. The highest BCUT2D eigenvalue weighted by molar-refractivity contribution is 6.15. The molecule has 2 aliphatic rings. The molecule has 0 aliphatic carbocycles. The van der Waals surface area contributed by atoms with Crippen molar-refractivity contribution in [2.75, 3.05) is 21.0 Å². The number of hydrogen-bond acceptors (Lipinski definition) is 6. The molecule has 0 radical (unpaired) electrons. The van der Waals surface area contributed by atoms with E-state index < -0.39 is 0 Å². The van der Waals surface area contributed by atoms with E-state index in [4.69, 9.17) is 18.9 Å². The molecule has 7 heteroatoms. The van der Waals surface area contributed by atoms with Gasteiger partial charge in [0.15, 0.2) is 5.76 Å². The number of fused-ring (bicyclic) bond motifs is 4. The van der Waals surface area contributed by atoms with Crippen molar-refractivity contribution in [2.45, 2.75) is 13.1 Å². The lowest BCUT2D eigenvalue weighted by atomic mass is 10.0. The largest absolute Gasteiger partial charge is 0.497 e. The van der Waals surface area contributed by atoms with Gasteiger partial charge in [0.05, 0.1) is 25.3 Å². The van der Waals surface area contributed by atoms with E-state index in [0.717, 1.165) is 44.8 Å². The van der Waals surface area contributed by atoms with Gasteiger partial charge in [-0.1, -0.05) is 12.1 Å². The Kier molecular flexibility index (Phi) is 5.42. The van der Waals surface area contributed by atoms with Crippen LogP contribution in [0, 0.1) is 0 Å². The maximum Gasteiger partial charge on any atom is 0.231 e. The van der Waals surface area contributed by atoms with Gasteiger partial charge in [0.2, 0.25) is 5.78 Å². The molecule has 0 atom stereocenters. The van der Waals surface area contributed by atoms with Gasteiger partial charge in [-0.05, 0) is 54.1 Å². The third-order valence-electron chi connectivity index (χ3n) is 6.76. The van der Waals surface area contributed by atoms with Gasteiger partial charge in [-0.2, -0.15) is 0 Å². The van der Waals surface area contributed by atoms with Crippen LogP contribution in [-0.2, 0) is 20.1 Å². The first-order chi connectivity index (χ1) is 17.5. The normalized spacial score (nSPS) is 16.0.